The Labute approximate surface area is 163 Å². The van der Waals surface area contributed by atoms with Crippen LogP contribution < -0.4 is 16.0 Å². The second-order valence-electron chi connectivity index (χ2n) is 5.66. The third kappa shape index (κ3) is 6.75. The number of rotatable bonds is 11. The molecule has 150 valence electrons. The second-order valence-corrected chi connectivity index (χ2v) is 7.59. The summed E-state index contributed by atoms with van der Waals surface area (Å²) in [6.45, 7) is 7.41. The number of likely N-dealkylation sites (N-methyl/N-ethyl adjacent to an activating group) is 1. The number of hydrogen-bond acceptors (Lipinski definition) is 5. The molecule has 1 amide bonds. The van der Waals surface area contributed by atoms with Crippen LogP contribution >= 0.6 is 12.4 Å². The molecule has 0 saturated carbocycles. The molecular weight excluding hydrogens is 376 g/mol. The number of amides is 1. The van der Waals surface area contributed by atoms with E-state index in [4.69, 9.17) is 0 Å². The molecular formula is C17H31ClN4O3S. The van der Waals surface area contributed by atoms with E-state index in [1.807, 2.05) is 0 Å². The van der Waals surface area contributed by atoms with Crippen LogP contribution in [0, 0.1) is 0 Å². The number of sulfonamides is 1. The van der Waals surface area contributed by atoms with Gasteiger partial charge in [-0.3, -0.25) is 4.79 Å². The lowest BCUT2D eigenvalue weighted by Gasteiger charge is -2.20. The van der Waals surface area contributed by atoms with Gasteiger partial charge in [0.2, 0.25) is 15.9 Å². The van der Waals surface area contributed by atoms with Gasteiger partial charge in [-0.1, -0.05) is 27.2 Å². The van der Waals surface area contributed by atoms with Crippen molar-refractivity contribution in [2.45, 2.75) is 38.5 Å². The first-order valence-corrected chi connectivity index (χ1v) is 10.2. The van der Waals surface area contributed by atoms with E-state index >= 15 is 0 Å². The molecule has 0 saturated heterocycles. The first kappa shape index (κ1) is 24.7. The number of nitrogens with one attached hydrogen (secondary N) is 3. The van der Waals surface area contributed by atoms with Crippen molar-refractivity contribution in [2.75, 3.05) is 43.9 Å². The molecule has 0 aliphatic carbocycles. The van der Waals surface area contributed by atoms with Crippen molar-refractivity contribution in [1.82, 2.24) is 9.62 Å². The lowest BCUT2D eigenvalue weighted by molar-refractivity contribution is -0.115. The first-order chi connectivity index (χ1) is 11.9. The minimum Gasteiger partial charge on any atom is -0.383 e. The normalized spacial score (nSPS) is 11.1. The van der Waals surface area contributed by atoms with Gasteiger partial charge in [0, 0.05) is 19.6 Å². The molecule has 1 aromatic carbocycles. The fourth-order valence-electron chi connectivity index (χ4n) is 2.41. The highest BCUT2D eigenvalue weighted by Crippen LogP contribution is 2.27. The van der Waals surface area contributed by atoms with E-state index in [1.54, 1.807) is 33.0 Å². The Hall–Kier alpha value is -1.35. The summed E-state index contributed by atoms with van der Waals surface area (Å²) in [5, 5.41) is 8.81. The molecule has 26 heavy (non-hydrogen) atoms. The predicted octanol–water partition coefficient (Wildman–Crippen LogP) is 2.51. The van der Waals surface area contributed by atoms with Gasteiger partial charge in [0.15, 0.2) is 0 Å². The quantitative estimate of drug-likeness (QED) is 0.491. The van der Waals surface area contributed by atoms with E-state index in [1.165, 1.54) is 10.4 Å². The average Bonchev–Trinajstić information content (AvgIpc) is 2.57. The van der Waals surface area contributed by atoms with E-state index in [0.717, 1.165) is 25.1 Å². The van der Waals surface area contributed by atoms with Gasteiger partial charge < -0.3 is 16.0 Å². The molecule has 1 rings (SSSR count). The Morgan fingerprint density at radius 1 is 1.12 bits per heavy atom. The van der Waals surface area contributed by atoms with E-state index < -0.39 is 10.0 Å². The zero-order valence-electron chi connectivity index (χ0n) is 16.0. The second kappa shape index (κ2) is 12.1. The minimum atomic E-state index is -3.58. The summed E-state index contributed by atoms with van der Waals surface area (Å²) in [6.07, 6.45) is 2.03. The lowest BCUT2D eigenvalue weighted by Crippen LogP contribution is -2.31. The van der Waals surface area contributed by atoms with Crippen molar-refractivity contribution >= 4 is 39.7 Å². The maximum absolute atomic E-state index is 12.7. The van der Waals surface area contributed by atoms with Crippen molar-refractivity contribution in [3.05, 3.63) is 18.2 Å². The van der Waals surface area contributed by atoms with Crippen LogP contribution in [0.4, 0.5) is 11.4 Å². The molecule has 1 aromatic rings. The first-order valence-electron chi connectivity index (χ1n) is 8.73. The van der Waals surface area contributed by atoms with Crippen LogP contribution in [0.15, 0.2) is 23.1 Å². The molecule has 3 N–H and O–H groups in total. The molecule has 7 nitrogen and oxygen atoms in total. The molecule has 0 radical (unpaired) electrons. The molecule has 0 atom stereocenters. The molecule has 0 unspecified atom stereocenters. The van der Waals surface area contributed by atoms with Crippen molar-refractivity contribution in [3.8, 4) is 0 Å². The van der Waals surface area contributed by atoms with Gasteiger partial charge in [0.25, 0.3) is 0 Å². The summed E-state index contributed by atoms with van der Waals surface area (Å²) in [5.74, 6) is -0.224. The summed E-state index contributed by atoms with van der Waals surface area (Å²) < 4.78 is 26.8. The predicted molar refractivity (Wildman–Crippen MR) is 110 cm³/mol. The summed E-state index contributed by atoms with van der Waals surface area (Å²) in [7, 11) is -1.89. The maximum Gasteiger partial charge on any atom is 0.243 e. The van der Waals surface area contributed by atoms with Crippen molar-refractivity contribution in [1.29, 1.82) is 0 Å². The van der Waals surface area contributed by atoms with Crippen molar-refractivity contribution in [2.24, 2.45) is 0 Å². The topological polar surface area (TPSA) is 90.5 Å². The minimum absolute atomic E-state index is 0. The number of halogens is 1. The van der Waals surface area contributed by atoms with Crippen molar-refractivity contribution in [3.63, 3.8) is 0 Å². The Morgan fingerprint density at radius 3 is 2.31 bits per heavy atom. The standard InChI is InChI=1S/C17H30N4O3S.ClH/c1-5-8-11-19-15-10-9-14(25(23,24)21(6-2)7-3)12-16(15)20-17(22)13-18-4;/h9-10,12,18-19H,5-8,11,13H2,1-4H3,(H,20,22);1H. The van der Waals surface area contributed by atoms with Gasteiger partial charge in [0.1, 0.15) is 0 Å². The molecule has 0 aromatic heterocycles. The van der Waals surface area contributed by atoms with Gasteiger partial charge in [-0.05, 0) is 31.7 Å². The molecule has 0 fully saturated rings. The third-order valence-electron chi connectivity index (χ3n) is 3.79. The van der Waals surface area contributed by atoms with Crippen LogP contribution in [0.3, 0.4) is 0 Å². The molecule has 0 bridgehead atoms. The number of hydrogen-bond donors (Lipinski definition) is 3. The number of benzene rings is 1. The number of carbonyl (C=O) groups is 1. The largest absolute Gasteiger partial charge is 0.383 e. The van der Waals surface area contributed by atoms with Gasteiger partial charge in [-0.25, -0.2) is 8.42 Å². The Bertz CT molecular complexity index is 664. The van der Waals surface area contributed by atoms with Crippen LogP contribution in [-0.2, 0) is 14.8 Å². The Morgan fingerprint density at radius 2 is 1.77 bits per heavy atom. The molecule has 0 heterocycles. The highest BCUT2D eigenvalue weighted by Gasteiger charge is 2.23. The lowest BCUT2D eigenvalue weighted by atomic mass is 10.2. The summed E-state index contributed by atoms with van der Waals surface area (Å²) in [6, 6.07) is 4.81. The molecule has 0 aliphatic heterocycles. The van der Waals surface area contributed by atoms with E-state index in [0.29, 0.717) is 18.8 Å². The third-order valence-corrected chi connectivity index (χ3v) is 5.84. The van der Waals surface area contributed by atoms with Gasteiger partial charge in [-0.2, -0.15) is 4.31 Å². The van der Waals surface area contributed by atoms with Crippen LogP contribution in [0.2, 0.25) is 0 Å². The highest BCUT2D eigenvalue weighted by molar-refractivity contribution is 7.89. The van der Waals surface area contributed by atoms with E-state index in [9.17, 15) is 13.2 Å². The summed E-state index contributed by atoms with van der Waals surface area (Å²) >= 11 is 0. The summed E-state index contributed by atoms with van der Waals surface area (Å²) in [4.78, 5) is 12.1. The Balaban J connectivity index is 0.00000625. The molecule has 0 spiro atoms. The zero-order valence-corrected chi connectivity index (χ0v) is 17.6. The number of anilines is 2. The van der Waals surface area contributed by atoms with Crippen LogP contribution in [0.1, 0.15) is 33.6 Å². The van der Waals surface area contributed by atoms with Crippen LogP contribution in [-0.4, -0.2) is 51.9 Å². The fourth-order valence-corrected chi connectivity index (χ4v) is 3.89. The van der Waals surface area contributed by atoms with E-state index in [-0.39, 0.29) is 29.8 Å². The SMILES string of the molecule is CCCCNc1ccc(S(=O)(=O)N(CC)CC)cc1NC(=O)CNC.Cl. The molecule has 9 heteroatoms. The summed E-state index contributed by atoms with van der Waals surface area (Å²) in [5.41, 5.74) is 1.20. The smallest absolute Gasteiger partial charge is 0.243 e. The van der Waals surface area contributed by atoms with Crippen molar-refractivity contribution < 1.29 is 13.2 Å². The van der Waals surface area contributed by atoms with Gasteiger partial charge in [-0.15, -0.1) is 12.4 Å². The van der Waals surface area contributed by atoms with E-state index in [2.05, 4.69) is 22.9 Å². The monoisotopic (exact) mass is 406 g/mol. The number of unbranched alkanes of at least 4 members (excludes halogenated alkanes) is 1. The number of nitrogens with zero attached hydrogens (tertiary/aromatic N) is 1. The van der Waals surface area contributed by atoms with Gasteiger partial charge >= 0.3 is 0 Å². The molecule has 0 aliphatic rings. The zero-order chi connectivity index (χ0) is 18.9. The average molecular weight is 407 g/mol. The Kier molecular flexibility index (Phi) is 11.5. The van der Waals surface area contributed by atoms with Crippen LogP contribution in [0.25, 0.3) is 0 Å². The fraction of sp³-hybridized carbons (Fsp3) is 0.588. The maximum atomic E-state index is 12.7. The highest BCUT2D eigenvalue weighted by atomic mass is 35.5. The van der Waals surface area contributed by atoms with Crippen LogP contribution in [0.5, 0.6) is 0 Å². The van der Waals surface area contributed by atoms with Gasteiger partial charge in [0.05, 0.1) is 22.8 Å². The number of carbonyl (C=O) groups excluding carboxylic acids is 1.